The van der Waals surface area contributed by atoms with Crippen molar-refractivity contribution >= 4 is 0 Å². The van der Waals surface area contributed by atoms with Gasteiger partial charge in [-0.3, -0.25) is 0 Å². The molecular formula is C12H19N3O2. The Hall–Kier alpha value is -1.36. The maximum absolute atomic E-state index is 5.95. The van der Waals surface area contributed by atoms with Crippen molar-refractivity contribution in [2.24, 2.45) is 5.73 Å². The molecule has 5 heteroatoms. The lowest BCUT2D eigenvalue weighted by Gasteiger charge is -2.17. The Bertz CT molecular complexity index is 359. The van der Waals surface area contributed by atoms with E-state index in [0.29, 0.717) is 18.4 Å². The lowest BCUT2D eigenvalue weighted by molar-refractivity contribution is 0.182. The number of rotatable bonds is 5. The van der Waals surface area contributed by atoms with Crippen LogP contribution in [0.1, 0.15) is 32.6 Å². The van der Waals surface area contributed by atoms with Crippen molar-refractivity contribution in [1.29, 1.82) is 0 Å². The molecule has 0 amide bonds. The predicted octanol–water partition coefficient (Wildman–Crippen LogP) is 1.52. The van der Waals surface area contributed by atoms with Crippen molar-refractivity contribution in [2.75, 3.05) is 6.61 Å². The number of nitrogens with two attached hydrogens (primary N) is 1. The molecule has 0 spiro atoms. The molecule has 2 unspecified atom stereocenters. The first-order valence-corrected chi connectivity index (χ1v) is 6.16. The first-order valence-electron chi connectivity index (χ1n) is 6.16. The number of aromatic nitrogens is 2. The summed E-state index contributed by atoms with van der Waals surface area (Å²) in [5.41, 5.74) is 5.95. The normalized spacial score (nSPS) is 23.6. The van der Waals surface area contributed by atoms with E-state index in [2.05, 4.69) is 16.9 Å². The van der Waals surface area contributed by atoms with E-state index in [9.17, 15) is 0 Å². The van der Waals surface area contributed by atoms with Gasteiger partial charge in [0.05, 0.1) is 12.7 Å². The Morgan fingerprint density at radius 3 is 2.88 bits per heavy atom. The van der Waals surface area contributed by atoms with E-state index in [1.165, 1.54) is 6.33 Å². The van der Waals surface area contributed by atoms with E-state index in [4.69, 9.17) is 15.2 Å². The predicted molar refractivity (Wildman–Crippen MR) is 64.1 cm³/mol. The van der Waals surface area contributed by atoms with Crippen LogP contribution in [-0.4, -0.2) is 28.7 Å². The van der Waals surface area contributed by atoms with Gasteiger partial charge in [-0.2, -0.15) is 0 Å². The molecule has 1 heterocycles. The van der Waals surface area contributed by atoms with Crippen molar-refractivity contribution in [3.63, 3.8) is 0 Å². The van der Waals surface area contributed by atoms with E-state index in [1.807, 2.05) is 0 Å². The average Bonchev–Trinajstić information content (AvgIpc) is 2.73. The zero-order valence-corrected chi connectivity index (χ0v) is 10.1. The third kappa shape index (κ3) is 3.30. The quantitative estimate of drug-likeness (QED) is 0.840. The summed E-state index contributed by atoms with van der Waals surface area (Å²) in [5, 5.41) is 0. The Morgan fingerprint density at radius 1 is 1.35 bits per heavy atom. The van der Waals surface area contributed by atoms with Gasteiger partial charge in [-0.1, -0.05) is 6.92 Å². The highest BCUT2D eigenvalue weighted by molar-refractivity contribution is 5.18. The number of nitrogens with zero attached hydrogens (tertiary/aromatic N) is 2. The van der Waals surface area contributed by atoms with Crippen molar-refractivity contribution in [3.8, 4) is 11.8 Å². The Kier molecular flexibility index (Phi) is 4.14. The van der Waals surface area contributed by atoms with Gasteiger partial charge in [-0.25, -0.2) is 9.97 Å². The van der Waals surface area contributed by atoms with Gasteiger partial charge in [0.1, 0.15) is 12.4 Å². The van der Waals surface area contributed by atoms with E-state index in [1.54, 1.807) is 6.07 Å². The fourth-order valence-electron chi connectivity index (χ4n) is 1.93. The highest BCUT2D eigenvalue weighted by Gasteiger charge is 2.26. The maximum Gasteiger partial charge on any atom is 0.220 e. The maximum atomic E-state index is 5.95. The summed E-state index contributed by atoms with van der Waals surface area (Å²) in [5.74, 6) is 1.11. The number of ether oxygens (including phenoxy) is 2. The van der Waals surface area contributed by atoms with Gasteiger partial charge in [-0.15, -0.1) is 0 Å². The molecule has 0 saturated heterocycles. The second kappa shape index (κ2) is 5.82. The molecule has 5 nitrogen and oxygen atoms in total. The summed E-state index contributed by atoms with van der Waals surface area (Å²) in [4.78, 5) is 8.10. The Morgan fingerprint density at radius 2 is 2.18 bits per heavy atom. The molecule has 2 atom stereocenters. The molecule has 1 aliphatic rings. The van der Waals surface area contributed by atoms with E-state index in [-0.39, 0.29) is 12.1 Å². The van der Waals surface area contributed by atoms with Crippen LogP contribution in [0, 0.1) is 0 Å². The lowest BCUT2D eigenvalue weighted by Crippen LogP contribution is -2.33. The van der Waals surface area contributed by atoms with E-state index >= 15 is 0 Å². The average molecular weight is 237 g/mol. The van der Waals surface area contributed by atoms with Crippen molar-refractivity contribution in [2.45, 2.75) is 44.8 Å². The lowest BCUT2D eigenvalue weighted by atomic mass is 10.2. The van der Waals surface area contributed by atoms with Crippen molar-refractivity contribution < 1.29 is 9.47 Å². The molecule has 1 fully saturated rings. The van der Waals surface area contributed by atoms with E-state index < -0.39 is 0 Å². The molecule has 0 bridgehead atoms. The van der Waals surface area contributed by atoms with Crippen LogP contribution in [-0.2, 0) is 0 Å². The van der Waals surface area contributed by atoms with Gasteiger partial charge < -0.3 is 15.2 Å². The largest absolute Gasteiger partial charge is 0.478 e. The Labute approximate surface area is 101 Å². The molecule has 94 valence electrons. The zero-order valence-electron chi connectivity index (χ0n) is 10.1. The molecule has 1 aromatic heterocycles. The molecule has 1 aromatic rings. The summed E-state index contributed by atoms with van der Waals surface area (Å²) in [6, 6.07) is 1.84. The molecule has 1 saturated carbocycles. The van der Waals surface area contributed by atoms with Crippen LogP contribution in [0.15, 0.2) is 12.4 Å². The summed E-state index contributed by atoms with van der Waals surface area (Å²) < 4.78 is 11.2. The number of hydrogen-bond donors (Lipinski definition) is 1. The van der Waals surface area contributed by atoms with Crippen molar-refractivity contribution in [1.82, 2.24) is 9.97 Å². The van der Waals surface area contributed by atoms with Gasteiger partial charge in [-0.05, 0) is 25.7 Å². The minimum absolute atomic E-state index is 0.0731. The molecule has 0 aromatic carbocycles. The molecule has 1 aliphatic carbocycles. The molecule has 17 heavy (non-hydrogen) atoms. The topological polar surface area (TPSA) is 70.3 Å². The smallest absolute Gasteiger partial charge is 0.220 e. The summed E-state index contributed by atoms with van der Waals surface area (Å²) in [7, 11) is 0. The van der Waals surface area contributed by atoms with Gasteiger partial charge >= 0.3 is 0 Å². The van der Waals surface area contributed by atoms with Crippen LogP contribution in [0.2, 0.25) is 0 Å². The van der Waals surface area contributed by atoms with Crippen LogP contribution in [0.3, 0.4) is 0 Å². The van der Waals surface area contributed by atoms with Gasteiger partial charge in [0.25, 0.3) is 0 Å². The highest BCUT2D eigenvalue weighted by Crippen LogP contribution is 2.23. The first kappa shape index (κ1) is 12.1. The zero-order chi connectivity index (χ0) is 12.1. The van der Waals surface area contributed by atoms with E-state index in [0.717, 1.165) is 25.7 Å². The summed E-state index contributed by atoms with van der Waals surface area (Å²) in [6.07, 6.45) is 5.62. The fraction of sp³-hybridized carbons (Fsp3) is 0.667. The van der Waals surface area contributed by atoms with Gasteiger partial charge in [0.2, 0.25) is 11.8 Å². The van der Waals surface area contributed by atoms with Crippen LogP contribution < -0.4 is 15.2 Å². The standard InChI is InChI=1S/C12H19N3O2/c1-2-6-16-11-7-12(15-8-14-11)17-10-5-3-4-9(10)13/h7-10H,2-6,13H2,1H3. The van der Waals surface area contributed by atoms with Crippen LogP contribution >= 0.6 is 0 Å². The second-order valence-electron chi connectivity index (χ2n) is 4.29. The van der Waals surface area contributed by atoms with Gasteiger partial charge in [0, 0.05) is 6.04 Å². The summed E-state index contributed by atoms with van der Waals surface area (Å²) >= 11 is 0. The SMILES string of the molecule is CCCOc1cc(OC2CCCC2N)ncn1. The van der Waals surface area contributed by atoms with Crippen LogP contribution in [0.5, 0.6) is 11.8 Å². The molecule has 2 N–H and O–H groups in total. The fourth-order valence-corrected chi connectivity index (χ4v) is 1.93. The third-order valence-electron chi connectivity index (χ3n) is 2.85. The molecular weight excluding hydrogens is 218 g/mol. The molecule has 0 aliphatic heterocycles. The first-order chi connectivity index (χ1) is 8.29. The second-order valence-corrected chi connectivity index (χ2v) is 4.29. The third-order valence-corrected chi connectivity index (χ3v) is 2.85. The van der Waals surface area contributed by atoms with Crippen LogP contribution in [0.25, 0.3) is 0 Å². The minimum Gasteiger partial charge on any atom is -0.478 e. The molecule has 2 rings (SSSR count). The highest BCUT2D eigenvalue weighted by atomic mass is 16.5. The monoisotopic (exact) mass is 237 g/mol. The minimum atomic E-state index is 0.0731. The van der Waals surface area contributed by atoms with Crippen LogP contribution in [0.4, 0.5) is 0 Å². The van der Waals surface area contributed by atoms with Gasteiger partial charge in [0.15, 0.2) is 0 Å². The summed E-state index contributed by atoms with van der Waals surface area (Å²) in [6.45, 7) is 2.70. The number of hydrogen-bond acceptors (Lipinski definition) is 5. The Balaban J connectivity index is 1.95. The molecule has 0 radical (unpaired) electrons. The van der Waals surface area contributed by atoms with Crippen molar-refractivity contribution in [3.05, 3.63) is 12.4 Å².